The van der Waals surface area contributed by atoms with Gasteiger partial charge in [0.05, 0.1) is 33.1 Å². The van der Waals surface area contributed by atoms with Gasteiger partial charge in [0.1, 0.15) is 0 Å². The van der Waals surface area contributed by atoms with Crippen molar-refractivity contribution in [2.24, 2.45) is 0 Å². The van der Waals surface area contributed by atoms with E-state index in [9.17, 15) is 0 Å². The fourth-order valence-electron chi connectivity index (χ4n) is 9.90. The van der Waals surface area contributed by atoms with Gasteiger partial charge in [-0.15, -0.1) is 0 Å². The Morgan fingerprint density at radius 2 is 0.508 bits per heavy atom. The van der Waals surface area contributed by atoms with Crippen LogP contribution in [0.15, 0.2) is 200 Å². The number of benzene rings is 10. The summed E-state index contributed by atoms with van der Waals surface area (Å²) in [5.41, 5.74) is 10.7. The number of rotatable bonds is 3. The lowest BCUT2D eigenvalue weighted by Gasteiger charge is -2.14. The normalized spacial score (nSPS) is 11.9. The second-order valence-corrected chi connectivity index (χ2v) is 15.3. The minimum Gasteiger partial charge on any atom is -0.308 e. The summed E-state index contributed by atoms with van der Waals surface area (Å²) >= 11 is 0. The van der Waals surface area contributed by atoms with Crippen molar-refractivity contribution >= 4 is 97.7 Å². The molecule has 13 aromatic rings. The molecule has 0 spiro atoms. The van der Waals surface area contributed by atoms with Crippen molar-refractivity contribution < 1.29 is 0 Å². The third kappa shape index (κ3) is 4.76. The molecule has 0 bridgehead atoms. The maximum atomic E-state index is 2.54. The first-order valence-corrected chi connectivity index (χ1v) is 20.7. The number of para-hydroxylation sites is 3. The van der Waals surface area contributed by atoms with E-state index in [1.54, 1.807) is 0 Å². The minimum atomic E-state index is 1.15. The maximum Gasteiger partial charge on any atom is 0.0663 e. The first kappa shape index (κ1) is 33.5. The highest BCUT2D eigenvalue weighted by Crippen LogP contribution is 2.50. The van der Waals surface area contributed by atoms with Crippen LogP contribution in [0.3, 0.4) is 0 Å². The Morgan fingerprint density at radius 1 is 0.254 bits per heavy atom. The van der Waals surface area contributed by atoms with Crippen LogP contribution in [0.25, 0.3) is 115 Å². The lowest BCUT2D eigenvalue weighted by molar-refractivity contribution is 1.18. The van der Waals surface area contributed by atoms with Crippen LogP contribution in [-0.2, 0) is 0 Å². The monoisotopic (exact) mass is 753 g/mol. The third-order valence-electron chi connectivity index (χ3n) is 12.3. The quantitative estimate of drug-likeness (QED) is 0.171. The van der Waals surface area contributed by atoms with Crippen molar-refractivity contribution in [1.29, 1.82) is 0 Å². The zero-order valence-corrected chi connectivity index (χ0v) is 32.9. The molecule has 0 unspecified atom stereocenters. The predicted molar refractivity (Wildman–Crippen MR) is 253 cm³/mol. The molecule has 0 atom stereocenters. The van der Waals surface area contributed by atoms with Crippen LogP contribution in [0.5, 0.6) is 0 Å². The summed E-state index contributed by atoms with van der Waals surface area (Å²) < 4.78 is 7.62. The molecule has 0 saturated carbocycles. The first-order valence-electron chi connectivity index (χ1n) is 20.7. The van der Waals surface area contributed by atoms with Gasteiger partial charge >= 0.3 is 0 Å². The molecule has 3 heteroatoms. The van der Waals surface area contributed by atoms with Crippen molar-refractivity contribution in [2.75, 3.05) is 0 Å². The van der Waals surface area contributed by atoms with Gasteiger partial charge in [-0.3, -0.25) is 0 Å². The molecule has 3 nitrogen and oxygen atoms in total. The van der Waals surface area contributed by atoms with Crippen LogP contribution in [0.2, 0.25) is 0 Å². The number of fused-ring (bicyclic) bond motifs is 15. The Morgan fingerprint density at radius 3 is 0.814 bits per heavy atom. The Labute approximate surface area is 341 Å². The van der Waals surface area contributed by atoms with Crippen LogP contribution in [0.4, 0.5) is 0 Å². The van der Waals surface area contributed by atoms with E-state index < -0.39 is 0 Å². The molecule has 10 aromatic carbocycles. The summed E-state index contributed by atoms with van der Waals surface area (Å²) in [6.45, 7) is 4.00. The smallest absolute Gasteiger partial charge is 0.0663 e. The standard InChI is InChI=1S/C54H33N3.C2H6/c1-4-16-37-31-40(28-25-34(37)13-1)55-46-22-10-7-19-43(46)49-52(55)50-44-20-8-11-23-47(44)56(41-29-26-35-14-2-5-17-38(35)32-41)54(50)51-45-21-9-12-24-48(45)57(53(49)51)42-30-27-36-15-3-6-18-39(36)33-42;1-2/h1-33H;1-2H3. The second-order valence-electron chi connectivity index (χ2n) is 15.3. The molecule has 59 heavy (non-hydrogen) atoms. The number of hydrogen-bond acceptors (Lipinski definition) is 0. The highest BCUT2D eigenvalue weighted by molar-refractivity contribution is 6.40. The lowest BCUT2D eigenvalue weighted by atomic mass is 10.0. The Kier molecular flexibility index (Phi) is 7.36. The van der Waals surface area contributed by atoms with Crippen LogP contribution >= 0.6 is 0 Å². The number of hydrogen-bond donors (Lipinski definition) is 0. The van der Waals surface area contributed by atoms with Crippen molar-refractivity contribution in [3.05, 3.63) is 200 Å². The van der Waals surface area contributed by atoms with Crippen LogP contribution in [0.1, 0.15) is 13.8 Å². The number of aromatic nitrogens is 3. The van der Waals surface area contributed by atoms with Crippen molar-refractivity contribution in [3.8, 4) is 17.1 Å². The Balaban J connectivity index is 0.00000186. The summed E-state index contributed by atoms with van der Waals surface area (Å²) in [6.07, 6.45) is 0. The molecular formula is C56H39N3. The molecule has 0 radical (unpaired) electrons. The molecule has 0 fully saturated rings. The summed E-state index contributed by atoms with van der Waals surface area (Å²) in [5, 5.41) is 14.9. The van der Waals surface area contributed by atoms with Gasteiger partial charge in [0, 0.05) is 49.4 Å². The predicted octanol–water partition coefficient (Wildman–Crippen LogP) is 15.5. The van der Waals surface area contributed by atoms with Crippen LogP contribution < -0.4 is 0 Å². The topological polar surface area (TPSA) is 14.8 Å². The summed E-state index contributed by atoms with van der Waals surface area (Å²) in [7, 11) is 0. The van der Waals surface area contributed by atoms with Gasteiger partial charge in [0.25, 0.3) is 0 Å². The van der Waals surface area contributed by atoms with E-state index in [4.69, 9.17) is 0 Å². The lowest BCUT2D eigenvalue weighted by Crippen LogP contribution is -1.98. The second kappa shape index (κ2) is 13.0. The largest absolute Gasteiger partial charge is 0.308 e. The molecular weight excluding hydrogens is 715 g/mol. The molecule has 0 aliphatic rings. The molecule has 0 amide bonds. The molecule has 0 aliphatic carbocycles. The molecule has 0 aliphatic heterocycles. The minimum absolute atomic E-state index is 1.15. The zero-order chi connectivity index (χ0) is 39.2. The summed E-state index contributed by atoms with van der Waals surface area (Å²) in [4.78, 5) is 0. The molecule has 278 valence electrons. The van der Waals surface area contributed by atoms with Gasteiger partial charge in [-0.25, -0.2) is 0 Å². The van der Waals surface area contributed by atoms with E-state index in [-0.39, 0.29) is 0 Å². The van der Waals surface area contributed by atoms with E-state index in [0.717, 1.165) is 17.1 Å². The molecule has 3 aromatic heterocycles. The number of nitrogens with zero attached hydrogens (tertiary/aromatic N) is 3. The van der Waals surface area contributed by atoms with E-state index in [2.05, 4.69) is 214 Å². The molecule has 13 rings (SSSR count). The average molecular weight is 754 g/mol. The highest BCUT2D eigenvalue weighted by Gasteiger charge is 2.28. The van der Waals surface area contributed by atoms with Gasteiger partial charge in [-0.1, -0.05) is 159 Å². The van der Waals surface area contributed by atoms with Crippen LogP contribution in [0, 0.1) is 0 Å². The maximum absolute atomic E-state index is 2.54. The SMILES string of the molecule is CC.c1ccc2cc(-n3c4ccccc4c4c3c3c5ccccc5n(-c5ccc6ccccc6c5)c3c3c5ccccc5n(-c5ccc6ccccc6c5)c43)ccc2c1. The van der Waals surface area contributed by atoms with Gasteiger partial charge < -0.3 is 13.7 Å². The van der Waals surface area contributed by atoms with Crippen molar-refractivity contribution in [2.45, 2.75) is 13.8 Å². The van der Waals surface area contributed by atoms with E-state index in [0.29, 0.717) is 0 Å². The van der Waals surface area contributed by atoms with Crippen LogP contribution in [-0.4, -0.2) is 13.7 Å². The summed E-state index contributed by atoms with van der Waals surface area (Å²) in [6, 6.07) is 73.9. The van der Waals surface area contributed by atoms with Crippen molar-refractivity contribution in [3.63, 3.8) is 0 Å². The van der Waals surface area contributed by atoms with E-state index in [1.807, 2.05) is 13.8 Å². The van der Waals surface area contributed by atoms with Gasteiger partial charge in [0.2, 0.25) is 0 Å². The average Bonchev–Trinajstić information content (AvgIpc) is 3.95. The highest BCUT2D eigenvalue weighted by atomic mass is 15.0. The molecule has 0 N–H and O–H groups in total. The Hall–Kier alpha value is -7.62. The molecule has 0 saturated heterocycles. The first-order chi connectivity index (χ1) is 29.3. The van der Waals surface area contributed by atoms with E-state index in [1.165, 1.54) is 97.7 Å². The third-order valence-corrected chi connectivity index (χ3v) is 12.3. The van der Waals surface area contributed by atoms with E-state index >= 15 is 0 Å². The summed E-state index contributed by atoms with van der Waals surface area (Å²) in [5.74, 6) is 0. The van der Waals surface area contributed by atoms with Gasteiger partial charge in [-0.2, -0.15) is 0 Å². The zero-order valence-electron chi connectivity index (χ0n) is 32.9. The Bertz CT molecular complexity index is 3390. The van der Waals surface area contributed by atoms with Crippen molar-refractivity contribution in [1.82, 2.24) is 13.7 Å². The fourth-order valence-corrected chi connectivity index (χ4v) is 9.90. The van der Waals surface area contributed by atoms with Gasteiger partial charge in [-0.05, 0) is 86.9 Å². The van der Waals surface area contributed by atoms with Gasteiger partial charge in [0.15, 0.2) is 0 Å². The fraction of sp³-hybridized carbons (Fsp3) is 0.0357. The molecule has 3 heterocycles.